The molecule has 0 unspecified atom stereocenters. The van der Waals surface area contributed by atoms with E-state index in [9.17, 15) is 4.79 Å². The number of hydrazone groups is 1. The minimum absolute atomic E-state index is 0.183. The van der Waals surface area contributed by atoms with Gasteiger partial charge in [-0.1, -0.05) is 48.5 Å². The average Bonchev–Trinajstić information content (AvgIpc) is 2.93. The molecule has 0 fully saturated rings. The zero-order valence-electron chi connectivity index (χ0n) is 20.1. The summed E-state index contributed by atoms with van der Waals surface area (Å²) in [6.07, 6.45) is 1.75. The SMILES string of the molecule is COc1ccccc1NC(=O)COc1ccc(/C=N\N(c2ccccc2)c2ccccc2)cc1OC. The number of carbonyl (C=O) groups excluding carboxylic acids is 1. The van der Waals surface area contributed by atoms with E-state index in [-0.39, 0.29) is 12.5 Å². The van der Waals surface area contributed by atoms with Crippen LogP contribution in [0.4, 0.5) is 17.1 Å². The van der Waals surface area contributed by atoms with E-state index in [1.807, 2.05) is 89.9 Å². The lowest BCUT2D eigenvalue weighted by Gasteiger charge is -2.19. The normalized spacial score (nSPS) is 10.6. The Morgan fingerprint density at radius 2 is 1.39 bits per heavy atom. The molecule has 0 spiro atoms. The van der Waals surface area contributed by atoms with Crippen LogP contribution in [0.1, 0.15) is 5.56 Å². The molecular weight excluding hydrogens is 454 g/mol. The van der Waals surface area contributed by atoms with Crippen LogP contribution in [0.15, 0.2) is 108 Å². The van der Waals surface area contributed by atoms with Gasteiger partial charge in [0.25, 0.3) is 5.91 Å². The fraction of sp³-hybridized carbons (Fsp3) is 0.103. The highest BCUT2D eigenvalue weighted by molar-refractivity contribution is 5.93. The van der Waals surface area contributed by atoms with Crippen LogP contribution in [0.2, 0.25) is 0 Å². The standard InChI is InChI=1S/C29H27N3O4/c1-34-26-16-10-9-15-25(26)31-29(33)21-36-27-18-17-22(19-28(27)35-2)20-30-32(23-11-5-3-6-12-23)24-13-7-4-8-14-24/h3-20H,21H2,1-2H3,(H,31,33)/b30-20-. The summed E-state index contributed by atoms with van der Waals surface area (Å²) in [6, 6.07) is 32.4. The van der Waals surface area contributed by atoms with Crippen molar-refractivity contribution in [3.63, 3.8) is 0 Å². The van der Waals surface area contributed by atoms with E-state index in [2.05, 4.69) is 5.32 Å². The minimum Gasteiger partial charge on any atom is -0.495 e. The Kier molecular flexibility index (Phi) is 8.17. The number of nitrogens with zero attached hydrogens (tertiary/aromatic N) is 2. The lowest BCUT2D eigenvalue weighted by molar-refractivity contribution is -0.118. The highest BCUT2D eigenvalue weighted by Gasteiger charge is 2.11. The van der Waals surface area contributed by atoms with Crippen molar-refractivity contribution in [3.8, 4) is 17.2 Å². The first-order valence-electron chi connectivity index (χ1n) is 11.4. The van der Waals surface area contributed by atoms with Gasteiger partial charge >= 0.3 is 0 Å². The van der Waals surface area contributed by atoms with Crippen LogP contribution in [-0.4, -0.2) is 32.9 Å². The summed E-state index contributed by atoms with van der Waals surface area (Å²) >= 11 is 0. The molecule has 7 heteroatoms. The number of carbonyl (C=O) groups is 1. The Morgan fingerprint density at radius 1 is 0.778 bits per heavy atom. The Bertz CT molecular complexity index is 1270. The number of benzene rings is 4. The van der Waals surface area contributed by atoms with Gasteiger partial charge in [0.15, 0.2) is 18.1 Å². The fourth-order valence-electron chi connectivity index (χ4n) is 3.51. The maximum Gasteiger partial charge on any atom is 0.262 e. The monoisotopic (exact) mass is 481 g/mol. The molecule has 4 rings (SSSR count). The quantitative estimate of drug-likeness (QED) is 0.226. The Balaban J connectivity index is 1.46. The van der Waals surface area contributed by atoms with Crippen molar-refractivity contribution in [2.45, 2.75) is 0 Å². The largest absolute Gasteiger partial charge is 0.495 e. The van der Waals surface area contributed by atoms with Gasteiger partial charge in [-0.25, -0.2) is 5.01 Å². The molecule has 0 saturated heterocycles. The first kappa shape index (κ1) is 24.3. The number of para-hydroxylation sites is 4. The van der Waals surface area contributed by atoms with Gasteiger partial charge in [-0.15, -0.1) is 0 Å². The second kappa shape index (κ2) is 12.1. The molecule has 7 nitrogen and oxygen atoms in total. The molecule has 0 aliphatic rings. The van der Waals surface area contributed by atoms with Gasteiger partial charge in [0.05, 0.1) is 37.5 Å². The average molecular weight is 482 g/mol. The molecule has 4 aromatic carbocycles. The maximum atomic E-state index is 12.4. The van der Waals surface area contributed by atoms with E-state index in [0.29, 0.717) is 22.9 Å². The summed E-state index contributed by atoms with van der Waals surface area (Å²) in [6.45, 7) is -0.183. The van der Waals surface area contributed by atoms with Gasteiger partial charge in [-0.05, 0) is 60.2 Å². The predicted octanol–water partition coefficient (Wildman–Crippen LogP) is 5.89. The third-order valence-electron chi connectivity index (χ3n) is 5.25. The van der Waals surface area contributed by atoms with E-state index in [1.165, 1.54) is 0 Å². The Hall–Kier alpha value is -4.78. The van der Waals surface area contributed by atoms with Crippen LogP contribution in [0, 0.1) is 0 Å². The predicted molar refractivity (Wildman–Crippen MR) is 143 cm³/mol. The molecule has 0 atom stereocenters. The molecule has 0 heterocycles. The molecule has 0 saturated carbocycles. The van der Waals surface area contributed by atoms with E-state index in [4.69, 9.17) is 19.3 Å². The van der Waals surface area contributed by atoms with Crippen LogP contribution in [0.5, 0.6) is 17.2 Å². The van der Waals surface area contributed by atoms with Crippen LogP contribution in [0.3, 0.4) is 0 Å². The summed E-state index contributed by atoms with van der Waals surface area (Å²) in [5, 5.41) is 9.36. The maximum absolute atomic E-state index is 12.4. The van der Waals surface area contributed by atoms with Gasteiger partial charge in [-0.3, -0.25) is 4.79 Å². The van der Waals surface area contributed by atoms with E-state index in [1.54, 1.807) is 38.6 Å². The molecule has 0 aliphatic carbocycles. The van der Waals surface area contributed by atoms with Crippen LogP contribution < -0.4 is 24.5 Å². The number of rotatable bonds is 10. The molecule has 0 bridgehead atoms. The lowest BCUT2D eigenvalue weighted by Crippen LogP contribution is -2.20. The number of amides is 1. The summed E-state index contributed by atoms with van der Waals surface area (Å²) in [7, 11) is 3.11. The van der Waals surface area contributed by atoms with Crippen molar-refractivity contribution in [2.75, 3.05) is 31.2 Å². The third kappa shape index (κ3) is 6.21. The van der Waals surface area contributed by atoms with Gasteiger partial charge in [0.2, 0.25) is 0 Å². The second-order valence-corrected chi connectivity index (χ2v) is 7.67. The van der Waals surface area contributed by atoms with E-state index in [0.717, 1.165) is 16.9 Å². The summed E-state index contributed by atoms with van der Waals surface area (Å²) < 4.78 is 16.5. The molecule has 1 amide bonds. The lowest BCUT2D eigenvalue weighted by atomic mass is 10.2. The van der Waals surface area contributed by atoms with Gasteiger partial charge < -0.3 is 19.5 Å². The molecule has 182 valence electrons. The molecule has 4 aromatic rings. The first-order chi connectivity index (χ1) is 17.7. The van der Waals surface area contributed by atoms with Crippen LogP contribution in [-0.2, 0) is 4.79 Å². The zero-order valence-corrected chi connectivity index (χ0v) is 20.1. The van der Waals surface area contributed by atoms with Crippen molar-refractivity contribution in [3.05, 3.63) is 109 Å². The van der Waals surface area contributed by atoms with E-state index >= 15 is 0 Å². The number of methoxy groups -OCH3 is 2. The number of anilines is 3. The summed E-state index contributed by atoms with van der Waals surface area (Å²) in [5.41, 5.74) is 3.27. The van der Waals surface area contributed by atoms with Crippen molar-refractivity contribution >= 4 is 29.2 Å². The van der Waals surface area contributed by atoms with Crippen LogP contribution in [0.25, 0.3) is 0 Å². The minimum atomic E-state index is -0.312. The highest BCUT2D eigenvalue weighted by atomic mass is 16.5. The zero-order chi connectivity index (χ0) is 25.2. The van der Waals surface area contributed by atoms with Crippen molar-refractivity contribution in [1.82, 2.24) is 0 Å². The van der Waals surface area contributed by atoms with Crippen LogP contribution >= 0.6 is 0 Å². The number of ether oxygens (including phenoxy) is 3. The van der Waals surface area contributed by atoms with Crippen molar-refractivity contribution in [2.24, 2.45) is 5.10 Å². The molecule has 36 heavy (non-hydrogen) atoms. The van der Waals surface area contributed by atoms with Gasteiger partial charge in [0, 0.05) is 0 Å². The fourth-order valence-corrected chi connectivity index (χ4v) is 3.51. The smallest absolute Gasteiger partial charge is 0.262 e. The van der Waals surface area contributed by atoms with E-state index < -0.39 is 0 Å². The van der Waals surface area contributed by atoms with Crippen molar-refractivity contribution < 1.29 is 19.0 Å². The molecule has 0 aromatic heterocycles. The number of hydrogen-bond acceptors (Lipinski definition) is 6. The molecule has 0 aliphatic heterocycles. The summed E-state index contributed by atoms with van der Waals surface area (Å²) in [5.74, 6) is 1.21. The van der Waals surface area contributed by atoms with Crippen molar-refractivity contribution in [1.29, 1.82) is 0 Å². The molecular formula is C29H27N3O4. The third-order valence-corrected chi connectivity index (χ3v) is 5.25. The Morgan fingerprint density at radius 3 is 2.03 bits per heavy atom. The number of hydrogen-bond donors (Lipinski definition) is 1. The second-order valence-electron chi connectivity index (χ2n) is 7.67. The first-order valence-corrected chi connectivity index (χ1v) is 11.4. The Labute approximate surface area is 210 Å². The topological polar surface area (TPSA) is 72.4 Å². The highest BCUT2D eigenvalue weighted by Crippen LogP contribution is 2.29. The molecule has 0 radical (unpaired) electrons. The summed E-state index contributed by atoms with van der Waals surface area (Å²) in [4.78, 5) is 12.4. The molecule has 1 N–H and O–H groups in total. The van der Waals surface area contributed by atoms with Gasteiger partial charge in [0.1, 0.15) is 5.75 Å². The van der Waals surface area contributed by atoms with Gasteiger partial charge in [-0.2, -0.15) is 5.10 Å². The number of nitrogens with one attached hydrogen (secondary N) is 1.